The van der Waals surface area contributed by atoms with Gasteiger partial charge in [-0.15, -0.1) is 0 Å². The predicted molar refractivity (Wildman–Crippen MR) is 282 cm³/mol. The van der Waals surface area contributed by atoms with Crippen LogP contribution >= 0.6 is 0 Å². The molecule has 0 spiro atoms. The molecule has 2 aliphatic heterocycles. The summed E-state index contributed by atoms with van der Waals surface area (Å²) in [5.74, 6) is -0.238. The van der Waals surface area contributed by atoms with Gasteiger partial charge < -0.3 is 65.1 Å². The Kier molecular flexibility index (Phi) is 40.7. The first kappa shape index (κ1) is 65.8. The molecule has 0 saturated carbocycles. The number of aliphatic hydroxyl groups excluding tert-OH is 8. The van der Waals surface area contributed by atoms with E-state index in [0.29, 0.717) is 6.42 Å². The van der Waals surface area contributed by atoms with Gasteiger partial charge in [-0.1, -0.05) is 238 Å². The second-order valence-corrected chi connectivity index (χ2v) is 21.1. The Balaban J connectivity index is 1.72. The van der Waals surface area contributed by atoms with Crippen molar-refractivity contribution < 1.29 is 64.6 Å². The minimum Gasteiger partial charge on any atom is -0.394 e. The number of rotatable bonds is 47. The second kappa shape index (κ2) is 43.9. The summed E-state index contributed by atoms with van der Waals surface area (Å²) in [4.78, 5) is 13.2. The van der Waals surface area contributed by atoms with Crippen molar-refractivity contribution in [2.24, 2.45) is 0 Å². The molecule has 14 heteroatoms. The van der Waals surface area contributed by atoms with Gasteiger partial charge in [0.2, 0.25) is 5.91 Å². The van der Waals surface area contributed by atoms with Gasteiger partial charge in [-0.3, -0.25) is 4.79 Å². The van der Waals surface area contributed by atoms with E-state index in [0.717, 1.165) is 38.5 Å². The minimum atomic E-state index is -1.78. The van der Waals surface area contributed by atoms with Gasteiger partial charge in [0.25, 0.3) is 0 Å². The average molecular weight is 1020 g/mol. The van der Waals surface area contributed by atoms with Crippen molar-refractivity contribution in [3.8, 4) is 0 Å². The number of ether oxygens (including phenoxy) is 4. The van der Waals surface area contributed by atoms with Crippen LogP contribution in [0.4, 0.5) is 0 Å². The molecule has 0 radical (unpaired) electrons. The summed E-state index contributed by atoms with van der Waals surface area (Å²) in [5, 5.41) is 86.9. The fraction of sp³-hybridized carbons (Fsp3) is 0.947. The topological polar surface area (TPSA) is 228 Å². The molecule has 12 atom stereocenters. The number of hydrogen-bond acceptors (Lipinski definition) is 13. The average Bonchev–Trinajstić information content (AvgIpc) is 3.37. The Morgan fingerprint density at radius 2 is 0.873 bits per heavy atom. The van der Waals surface area contributed by atoms with Crippen molar-refractivity contribution in [3.05, 3.63) is 12.2 Å². The molecule has 2 rings (SSSR count). The number of hydrogen-bond donors (Lipinski definition) is 9. The van der Waals surface area contributed by atoms with Gasteiger partial charge >= 0.3 is 0 Å². The summed E-state index contributed by atoms with van der Waals surface area (Å²) in [7, 11) is 0. The first-order valence-corrected chi connectivity index (χ1v) is 29.4. The zero-order valence-corrected chi connectivity index (χ0v) is 45.0. The van der Waals surface area contributed by atoms with E-state index >= 15 is 0 Å². The molecule has 0 aromatic rings. The molecule has 420 valence electrons. The second-order valence-electron chi connectivity index (χ2n) is 21.1. The molecule has 2 heterocycles. The maximum Gasteiger partial charge on any atom is 0.220 e. The van der Waals surface area contributed by atoms with Gasteiger partial charge in [0.05, 0.1) is 32.0 Å². The maximum absolute atomic E-state index is 13.2. The number of unbranched alkanes of at least 4 members (excludes halogenated alkanes) is 34. The molecule has 1 amide bonds. The summed E-state index contributed by atoms with van der Waals surface area (Å²) >= 11 is 0. The van der Waals surface area contributed by atoms with E-state index < -0.39 is 86.8 Å². The van der Waals surface area contributed by atoms with Crippen LogP contribution in [0, 0.1) is 0 Å². The molecule has 2 fully saturated rings. The molecule has 2 saturated heterocycles. The zero-order chi connectivity index (χ0) is 51.7. The van der Waals surface area contributed by atoms with E-state index in [1.165, 1.54) is 186 Å². The van der Waals surface area contributed by atoms with Gasteiger partial charge in [-0.2, -0.15) is 0 Å². The third-order valence-electron chi connectivity index (χ3n) is 14.7. The number of allylic oxidation sites excluding steroid dienone is 1. The third-order valence-corrected chi connectivity index (χ3v) is 14.7. The van der Waals surface area contributed by atoms with Crippen LogP contribution in [-0.4, -0.2) is 140 Å². The van der Waals surface area contributed by atoms with Gasteiger partial charge in [0, 0.05) is 6.42 Å². The highest BCUT2D eigenvalue weighted by molar-refractivity contribution is 5.76. The molecule has 71 heavy (non-hydrogen) atoms. The molecular formula is C57H109NO13. The number of aliphatic hydroxyl groups is 8. The molecule has 0 aromatic heterocycles. The quantitative estimate of drug-likeness (QED) is 0.0205. The zero-order valence-electron chi connectivity index (χ0n) is 45.0. The Hall–Kier alpha value is -1.27. The smallest absolute Gasteiger partial charge is 0.220 e. The predicted octanol–water partition coefficient (Wildman–Crippen LogP) is 9.50. The first-order valence-electron chi connectivity index (χ1n) is 29.4. The Morgan fingerprint density at radius 3 is 1.30 bits per heavy atom. The normalized spacial score (nSPS) is 25.8. The van der Waals surface area contributed by atoms with Crippen molar-refractivity contribution >= 4 is 5.91 Å². The van der Waals surface area contributed by atoms with Crippen LogP contribution < -0.4 is 5.32 Å². The van der Waals surface area contributed by atoms with E-state index in [1.54, 1.807) is 6.08 Å². The van der Waals surface area contributed by atoms with E-state index in [1.807, 2.05) is 6.08 Å². The number of carbonyl (C=O) groups excluding carboxylic acids is 1. The number of carbonyl (C=O) groups is 1. The lowest BCUT2D eigenvalue weighted by Gasteiger charge is -2.46. The summed E-state index contributed by atoms with van der Waals surface area (Å²) in [5.41, 5.74) is 0. The monoisotopic (exact) mass is 1020 g/mol. The highest BCUT2D eigenvalue weighted by Crippen LogP contribution is 2.30. The standard InChI is InChI=1S/C57H109NO13/c1-3-5-7-9-11-13-15-16-17-18-19-20-21-22-23-24-25-26-27-28-29-31-32-34-36-38-40-46(61)45(58-49(62)41-39-37-35-33-30-14-12-10-8-6-4-2)44-68-56-54(67)52(65)55(48(43-60)70-56)71-57-53(66)51(64)50(63)47(42-59)69-57/h38,40,45-48,50-57,59-61,63-67H,3-37,39,41-44H2,1-2H3,(H,58,62)/b40-38+. The Bertz CT molecular complexity index is 1240. The van der Waals surface area contributed by atoms with E-state index in [2.05, 4.69) is 19.2 Å². The molecule has 2 aliphatic rings. The third kappa shape index (κ3) is 30.2. The van der Waals surface area contributed by atoms with Crippen LogP contribution in [0.15, 0.2) is 12.2 Å². The lowest BCUT2D eigenvalue weighted by molar-refractivity contribution is -0.359. The van der Waals surface area contributed by atoms with Crippen LogP contribution in [0.3, 0.4) is 0 Å². The fourth-order valence-electron chi connectivity index (χ4n) is 9.94. The SMILES string of the molecule is CCCCCCCCCCCCCCCCCCCCCCCCCC/C=C/C(O)C(COC1OC(CO)C(OC2OC(CO)C(O)C(O)C2O)C(O)C1O)NC(=O)CCCCCCCCCCCCC. The minimum absolute atomic E-state index is 0.238. The van der Waals surface area contributed by atoms with Gasteiger partial charge in [-0.05, 0) is 19.3 Å². The number of nitrogens with one attached hydrogen (secondary N) is 1. The molecule has 0 bridgehead atoms. The van der Waals surface area contributed by atoms with Gasteiger partial charge in [0.15, 0.2) is 12.6 Å². The van der Waals surface area contributed by atoms with Crippen LogP contribution in [0.5, 0.6) is 0 Å². The molecule has 12 unspecified atom stereocenters. The largest absolute Gasteiger partial charge is 0.394 e. The molecule has 0 aromatic carbocycles. The van der Waals surface area contributed by atoms with Crippen molar-refractivity contribution in [1.29, 1.82) is 0 Å². The molecule has 0 aliphatic carbocycles. The van der Waals surface area contributed by atoms with Crippen molar-refractivity contribution in [2.75, 3.05) is 19.8 Å². The molecule has 14 nitrogen and oxygen atoms in total. The lowest BCUT2D eigenvalue weighted by atomic mass is 9.97. The lowest BCUT2D eigenvalue weighted by Crippen LogP contribution is -2.65. The van der Waals surface area contributed by atoms with Crippen molar-refractivity contribution in [1.82, 2.24) is 5.32 Å². The Labute approximate surface area is 431 Å². The molecular weight excluding hydrogens is 907 g/mol. The van der Waals surface area contributed by atoms with Gasteiger partial charge in [-0.25, -0.2) is 0 Å². The highest BCUT2D eigenvalue weighted by atomic mass is 16.7. The summed E-state index contributed by atoms with van der Waals surface area (Å²) in [6.07, 6.45) is 32.7. The van der Waals surface area contributed by atoms with Crippen LogP contribution in [0.25, 0.3) is 0 Å². The van der Waals surface area contributed by atoms with E-state index in [4.69, 9.17) is 18.9 Å². The molecule has 9 N–H and O–H groups in total. The Morgan fingerprint density at radius 1 is 0.493 bits per heavy atom. The van der Waals surface area contributed by atoms with Crippen molar-refractivity contribution in [3.63, 3.8) is 0 Å². The summed E-state index contributed by atoms with van der Waals surface area (Å²) < 4.78 is 22.7. The van der Waals surface area contributed by atoms with Crippen LogP contribution in [0.2, 0.25) is 0 Å². The van der Waals surface area contributed by atoms with Crippen LogP contribution in [-0.2, 0) is 23.7 Å². The fourth-order valence-corrected chi connectivity index (χ4v) is 9.94. The van der Waals surface area contributed by atoms with E-state index in [9.17, 15) is 45.6 Å². The maximum atomic E-state index is 13.2. The summed E-state index contributed by atoms with van der Waals surface area (Å²) in [6.45, 7) is 2.80. The van der Waals surface area contributed by atoms with Crippen LogP contribution in [0.1, 0.15) is 251 Å². The van der Waals surface area contributed by atoms with Crippen molar-refractivity contribution in [2.45, 2.75) is 325 Å². The van der Waals surface area contributed by atoms with Gasteiger partial charge in [0.1, 0.15) is 48.8 Å². The van der Waals surface area contributed by atoms with E-state index in [-0.39, 0.29) is 18.9 Å². The highest BCUT2D eigenvalue weighted by Gasteiger charge is 2.51. The number of amides is 1. The summed E-state index contributed by atoms with van der Waals surface area (Å²) in [6, 6.07) is -0.908. The first-order chi connectivity index (χ1) is 34.6.